The Morgan fingerprint density at radius 3 is 2.79 bits per heavy atom. The molecule has 0 aromatic heterocycles. The van der Waals surface area contributed by atoms with Gasteiger partial charge in [-0.2, -0.15) is 0 Å². The summed E-state index contributed by atoms with van der Waals surface area (Å²) in [6.45, 7) is 4.67. The van der Waals surface area contributed by atoms with Crippen molar-refractivity contribution in [3.05, 3.63) is 28.2 Å². The van der Waals surface area contributed by atoms with Crippen LogP contribution in [0.5, 0.6) is 5.75 Å². The van der Waals surface area contributed by atoms with Crippen molar-refractivity contribution in [1.82, 2.24) is 0 Å². The lowest BCUT2D eigenvalue weighted by Crippen LogP contribution is -2.12. The summed E-state index contributed by atoms with van der Waals surface area (Å²) < 4.78 is 6.78. The Morgan fingerprint density at radius 1 is 1.50 bits per heavy atom. The third-order valence-corrected chi connectivity index (χ3v) is 2.65. The minimum Gasteiger partial charge on any atom is -0.490 e. The summed E-state index contributed by atoms with van der Waals surface area (Å²) in [5, 5.41) is 0. The largest absolute Gasteiger partial charge is 0.490 e. The van der Waals surface area contributed by atoms with Gasteiger partial charge in [0, 0.05) is 16.6 Å². The van der Waals surface area contributed by atoms with Crippen LogP contribution in [0.4, 0.5) is 0 Å². The first kappa shape index (κ1) is 11.5. The van der Waals surface area contributed by atoms with Gasteiger partial charge in [-0.1, -0.05) is 28.9 Å². The Hall–Kier alpha value is -0.540. The summed E-state index contributed by atoms with van der Waals surface area (Å²) in [6.07, 6.45) is 1.23. The van der Waals surface area contributed by atoms with Gasteiger partial charge < -0.3 is 10.5 Å². The third kappa shape index (κ3) is 3.00. The van der Waals surface area contributed by atoms with E-state index in [0.29, 0.717) is 6.54 Å². The van der Waals surface area contributed by atoms with Crippen LogP contribution in [0, 0.1) is 0 Å². The summed E-state index contributed by atoms with van der Waals surface area (Å²) in [6, 6.07) is 5.93. The zero-order valence-electron chi connectivity index (χ0n) is 8.59. The number of hydrogen-bond donors (Lipinski definition) is 1. The van der Waals surface area contributed by atoms with Gasteiger partial charge in [-0.25, -0.2) is 0 Å². The maximum Gasteiger partial charge on any atom is 0.125 e. The van der Waals surface area contributed by atoms with Crippen molar-refractivity contribution in [2.24, 2.45) is 5.73 Å². The Morgan fingerprint density at radius 2 is 2.21 bits per heavy atom. The molecule has 1 unspecified atom stereocenters. The predicted molar refractivity (Wildman–Crippen MR) is 62.4 cm³/mol. The Labute approximate surface area is 93.6 Å². The van der Waals surface area contributed by atoms with Crippen LogP contribution >= 0.6 is 15.9 Å². The highest BCUT2D eigenvalue weighted by molar-refractivity contribution is 9.10. The lowest BCUT2D eigenvalue weighted by molar-refractivity contribution is 0.215. The molecule has 0 aliphatic carbocycles. The van der Waals surface area contributed by atoms with E-state index in [1.807, 2.05) is 18.2 Å². The van der Waals surface area contributed by atoms with Crippen LogP contribution in [0.3, 0.4) is 0 Å². The second-order valence-corrected chi connectivity index (χ2v) is 4.21. The van der Waals surface area contributed by atoms with Crippen LogP contribution in [-0.4, -0.2) is 6.10 Å². The molecule has 2 nitrogen and oxygen atoms in total. The average Bonchev–Trinajstić information content (AvgIpc) is 2.18. The highest BCUT2D eigenvalue weighted by atomic mass is 79.9. The Balaban J connectivity index is 2.87. The van der Waals surface area contributed by atoms with E-state index in [9.17, 15) is 0 Å². The summed E-state index contributed by atoms with van der Waals surface area (Å²) in [7, 11) is 0. The van der Waals surface area contributed by atoms with Crippen molar-refractivity contribution < 1.29 is 4.74 Å². The highest BCUT2D eigenvalue weighted by Gasteiger charge is 2.06. The smallest absolute Gasteiger partial charge is 0.125 e. The number of hydrogen-bond acceptors (Lipinski definition) is 2. The molecule has 0 aliphatic rings. The number of ether oxygens (including phenoxy) is 1. The summed E-state index contributed by atoms with van der Waals surface area (Å²) in [5.41, 5.74) is 6.67. The van der Waals surface area contributed by atoms with E-state index in [-0.39, 0.29) is 6.10 Å². The Kier molecular flexibility index (Phi) is 4.42. The molecule has 14 heavy (non-hydrogen) atoms. The topological polar surface area (TPSA) is 35.2 Å². The predicted octanol–water partition coefficient (Wildman–Crippen LogP) is 3.09. The van der Waals surface area contributed by atoms with Crippen molar-refractivity contribution in [1.29, 1.82) is 0 Å². The van der Waals surface area contributed by atoms with Crippen LogP contribution < -0.4 is 10.5 Å². The second kappa shape index (κ2) is 5.37. The van der Waals surface area contributed by atoms with Crippen molar-refractivity contribution in [2.45, 2.75) is 32.9 Å². The summed E-state index contributed by atoms with van der Waals surface area (Å²) in [4.78, 5) is 0. The maximum atomic E-state index is 5.76. The molecule has 0 aliphatic heterocycles. The molecule has 0 amide bonds. The molecule has 0 fully saturated rings. The average molecular weight is 258 g/mol. The first-order chi connectivity index (χ1) is 6.67. The lowest BCUT2D eigenvalue weighted by atomic mass is 10.2. The molecule has 0 bridgehead atoms. The van der Waals surface area contributed by atoms with Gasteiger partial charge in [0.25, 0.3) is 0 Å². The minimum atomic E-state index is 0.231. The molecule has 0 saturated carbocycles. The first-order valence-corrected chi connectivity index (χ1v) is 5.61. The van der Waals surface area contributed by atoms with Crippen molar-refractivity contribution in [2.75, 3.05) is 0 Å². The number of benzene rings is 1. The Bertz CT molecular complexity index is 301. The molecule has 2 N–H and O–H groups in total. The molecule has 0 spiro atoms. The SMILES string of the molecule is CCC(C)Oc1cc(Br)ccc1CN. The monoisotopic (exact) mass is 257 g/mol. The van der Waals surface area contributed by atoms with Crippen molar-refractivity contribution in [3.63, 3.8) is 0 Å². The van der Waals surface area contributed by atoms with Crippen LogP contribution in [0.15, 0.2) is 22.7 Å². The molecular weight excluding hydrogens is 242 g/mol. The summed E-state index contributed by atoms with van der Waals surface area (Å²) >= 11 is 3.42. The zero-order valence-corrected chi connectivity index (χ0v) is 10.2. The quantitative estimate of drug-likeness (QED) is 0.900. The molecule has 0 radical (unpaired) electrons. The maximum absolute atomic E-state index is 5.76. The standard InChI is InChI=1S/C11H16BrNO/c1-3-8(2)14-11-6-10(12)5-4-9(11)7-13/h4-6,8H,3,7,13H2,1-2H3. The molecule has 1 aromatic rings. The van der Waals surface area contributed by atoms with Gasteiger partial charge in [0.05, 0.1) is 6.10 Å². The van der Waals surface area contributed by atoms with Gasteiger partial charge in [0.1, 0.15) is 5.75 Å². The molecular formula is C11H16BrNO. The highest BCUT2D eigenvalue weighted by Crippen LogP contribution is 2.24. The van der Waals surface area contributed by atoms with Gasteiger partial charge in [0.15, 0.2) is 0 Å². The fourth-order valence-corrected chi connectivity index (χ4v) is 1.45. The first-order valence-electron chi connectivity index (χ1n) is 4.82. The molecule has 3 heteroatoms. The molecule has 1 aromatic carbocycles. The van der Waals surface area contributed by atoms with Crippen LogP contribution in [-0.2, 0) is 6.54 Å². The molecule has 1 rings (SSSR count). The van der Waals surface area contributed by atoms with Gasteiger partial charge in [-0.15, -0.1) is 0 Å². The van der Waals surface area contributed by atoms with E-state index in [1.54, 1.807) is 0 Å². The minimum absolute atomic E-state index is 0.231. The van der Waals surface area contributed by atoms with Gasteiger partial charge >= 0.3 is 0 Å². The van der Waals surface area contributed by atoms with E-state index in [2.05, 4.69) is 29.8 Å². The molecule has 1 atom stereocenters. The number of rotatable bonds is 4. The second-order valence-electron chi connectivity index (χ2n) is 3.29. The van der Waals surface area contributed by atoms with E-state index < -0.39 is 0 Å². The number of nitrogens with two attached hydrogens (primary N) is 1. The number of halogens is 1. The van der Waals surface area contributed by atoms with Crippen molar-refractivity contribution in [3.8, 4) is 5.75 Å². The van der Waals surface area contributed by atoms with Crippen molar-refractivity contribution >= 4 is 15.9 Å². The van der Waals surface area contributed by atoms with Gasteiger partial charge in [0.2, 0.25) is 0 Å². The molecule has 0 saturated heterocycles. The van der Waals surface area contributed by atoms with Gasteiger partial charge in [-0.05, 0) is 25.5 Å². The third-order valence-electron chi connectivity index (χ3n) is 2.15. The summed E-state index contributed by atoms with van der Waals surface area (Å²) in [5.74, 6) is 0.885. The molecule has 78 valence electrons. The van der Waals surface area contributed by atoms with E-state index in [0.717, 1.165) is 22.2 Å². The van der Waals surface area contributed by atoms with Crippen LogP contribution in [0.1, 0.15) is 25.8 Å². The fourth-order valence-electron chi connectivity index (χ4n) is 1.11. The van der Waals surface area contributed by atoms with E-state index >= 15 is 0 Å². The van der Waals surface area contributed by atoms with Crippen LogP contribution in [0.25, 0.3) is 0 Å². The fraction of sp³-hybridized carbons (Fsp3) is 0.455. The van der Waals surface area contributed by atoms with E-state index in [4.69, 9.17) is 10.5 Å². The van der Waals surface area contributed by atoms with E-state index in [1.165, 1.54) is 0 Å². The zero-order chi connectivity index (χ0) is 10.6. The normalized spacial score (nSPS) is 12.6. The molecule has 0 heterocycles. The van der Waals surface area contributed by atoms with Crippen LogP contribution in [0.2, 0.25) is 0 Å². The van der Waals surface area contributed by atoms with Gasteiger partial charge in [-0.3, -0.25) is 0 Å². The lowest BCUT2D eigenvalue weighted by Gasteiger charge is -2.15.